The first-order valence-electron chi connectivity index (χ1n) is 6.45. The molecule has 0 radical (unpaired) electrons. The van der Waals surface area contributed by atoms with E-state index in [1.54, 1.807) is 18.0 Å². The van der Waals surface area contributed by atoms with Crippen LogP contribution in [0.25, 0.3) is 0 Å². The standard InChI is InChI=1S/C13H21N3OS/c1-8(2)11-5-6-18-13(16-11)15-10(4)12-14-7-9(3)17-12/h7-8,10-11H,5-6H2,1-4H3,(H,15,16). The summed E-state index contributed by atoms with van der Waals surface area (Å²) in [5.74, 6) is 3.30. The number of hydrogen-bond acceptors (Lipinski definition) is 5. The third kappa shape index (κ3) is 3.28. The predicted molar refractivity (Wildman–Crippen MR) is 75.9 cm³/mol. The van der Waals surface area contributed by atoms with Crippen molar-refractivity contribution < 1.29 is 4.42 Å². The molecule has 1 aromatic heterocycles. The van der Waals surface area contributed by atoms with Gasteiger partial charge in [0.2, 0.25) is 5.89 Å². The fourth-order valence-electron chi connectivity index (χ4n) is 1.91. The Balaban J connectivity index is 2.00. The largest absolute Gasteiger partial charge is 0.444 e. The lowest BCUT2D eigenvalue weighted by molar-refractivity contribution is 0.428. The van der Waals surface area contributed by atoms with Gasteiger partial charge in [0.15, 0.2) is 5.17 Å². The van der Waals surface area contributed by atoms with Crippen molar-refractivity contribution in [2.24, 2.45) is 10.9 Å². The molecule has 0 aromatic carbocycles. The minimum Gasteiger partial charge on any atom is -0.444 e. The van der Waals surface area contributed by atoms with Gasteiger partial charge in [-0.15, -0.1) is 0 Å². The van der Waals surface area contributed by atoms with Crippen LogP contribution in [-0.4, -0.2) is 21.9 Å². The van der Waals surface area contributed by atoms with Gasteiger partial charge in [0.05, 0.1) is 12.2 Å². The number of aliphatic imine (C=N–C) groups is 1. The number of nitrogens with zero attached hydrogens (tertiary/aromatic N) is 2. The van der Waals surface area contributed by atoms with Crippen molar-refractivity contribution in [3.8, 4) is 0 Å². The van der Waals surface area contributed by atoms with Gasteiger partial charge in [-0.2, -0.15) is 0 Å². The molecule has 0 bridgehead atoms. The molecule has 0 saturated carbocycles. The van der Waals surface area contributed by atoms with E-state index in [-0.39, 0.29) is 6.04 Å². The van der Waals surface area contributed by atoms with Crippen LogP contribution < -0.4 is 5.32 Å². The maximum atomic E-state index is 5.52. The van der Waals surface area contributed by atoms with Crippen LogP contribution in [0.4, 0.5) is 0 Å². The molecule has 0 spiro atoms. The molecule has 0 amide bonds. The Kier molecular flexibility index (Phi) is 4.32. The average molecular weight is 267 g/mol. The lowest BCUT2D eigenvalue weighted by Crippen LogP contribution is -2.30. The Bertz CT molecular complexity index is 428. The molecule has 4 nitrogen and oxygen atoms in total. The van der Waals surface area contributed by atoms with E-state index in [1.807, 2.05) is 13.8 Å². The fraction of sp³-hybridized carbons (Fsp3) is 0.692. The second kappa shape index (κ2) is 5.78. The van der Waals surface area contributed by atoms with Crippen LogP contribution in [0.1, 0.15) is 44.9 Å². The summed E-state index contributed by atoms with van der Waals surface area (Å²) in [6.07, 6.45) is 2.92. The molecule has 0 saturated heterocycles. The second-order valence-electron chi connectivity index (χ2n) is 5.06. The van der Waals surface area contributed by atoms with Gasteiger partial charge in [-0.1, -0.05) is 25.6 Å². The summed E-state index contributed by atoms with van der Waals surface area (Å²) in [6.45, 7) is 8.41. The smallest absolute Gasteiger partial charge is 0.216 e. The van der Waals surface area contributed by atoms with Gasteiger partial charge in [0.25, 0.3) is 0 Å². The molecule has 1 aromatic rings. The first-order valence-corrected chi connectivity index (χ1v) is 7.44. The summed E-state index contributed by atoms with van der Waals surface area (Å²) >= 11 is 1.78. The van der Waals surface area contributed by atoms with Crippen molar-refractivity contribution in [3.05, 3.63) is 17.8 Å². The zero-order valence-electron chi connectivity index (χ0n) is 11.4. The first kappa shape index (κ1) is 13.5. The van der Waals surface area contributed by atoms with E-state index in [4.69, 9.17) is 9.41 Å². The van der Waals surface area contributed by atoms with Gasteiger partial charge < -0.3 is 9.73 Å². The van der Waals surface area contributed by atoms with Gasteiger partial charge in [-0.05, 0) is 26.2 Å². The molecule has 1 aliphatic rings. The van der Waals surface area contributed by atoms with Crippen LogP contribution in [0.5, 0.6) is 0 Å². The number of rotatable bonds is 3. The minimum absolute atomic E-state index is 0.0656. The minimum atomic E-state index is 0.0656. The van der Waals surface area contributed by atoms with Crippen molar-refractivity contribution in [2.75, 3.05) is 5.75 Å². The van der Waals surface area contributed by atoms with Crippen LogP contribution >= 0.6 is 11.8 Å². The Morgan fingerprint density at radius 1 is 1.44 bits per heavy atom. The number of aryl methyl sites for hydroxylation is 1. The Labute approximate surface area is 113 Å². The zero-order valence-corrected chi connectivity index (χ0v) is 12.3. The first-order chi connectivity index (χ1) is 8.56. The highest BCUT2D eigenvalue weighted by Gasteiger charge is 2.21. The highest BCUT2D eigenvalue weighted by Crippen LogP contribution is 2.23. The Morgan fingerprint density at radius 3 is 2.83 bits per heavy atom. The third-order valence-electron chi connectivity index (χ3n) is 3.05. The summed E-state index contributed by atoms with van der Waals surface area (Å²) in [5, 5.41) is 4.41. The van der Waals surface area contributed by atoms with Crippen LogP contribution in [0.2, 0.25) is 0 Å². The van der Waals surface area contributed by atoms with Crippen LogP contribution in [0.15, 0.2) is 15.6 Å². The maximum Gasteiger partial charge on any atom is 0.216 e. The van der Waals surface area contributed by atoms with E-state index in [1.165, 1.54) is 6.42 Å². The SMILES string of the molecule is Cc1cnc(C(C)NC2=NC(C(C)C)CCS2)o1. The molecule has 0 fully saturated rings. The molecule has 1 N–H and O–H groups in total. The monoisotopic (exact) mass is 267 g/mol. The number of aromatic nitrogens is 1. The van der Waals surface area contributed by atoms with Gasteiger partial charge in [0.1, 0.15) is 11.8 Å². The Morgan fingerprint density at radius 2 is 2.22 bits per heavy atom. The number of amidine groups is 1. The van der Waals surface area contributed by atoms with Crippen molar-refractivity contribution in [1.82, 2.24) is 10.3 Å². The summed E-state index contributed by atoms with van der Waals surface area (Å²) in [6, 6.07) is 0.503. The highest BCUT2D eigenvalue weighted by molar-refractivity contribution is 8.13. The number of hydrogen-bond donors (Lipinski definition) is 1. The fourth-order valence-corrected chi connectivity index (χ4v) is 2.93. The highest BCUT2D eigenvalue weighted by atomic mass is 32.2. The van der Waals surface area contributed by atoms with Crippen LogP contribution in [-0.2, 0) is 0 Å². The van der Waals surface area contributed by atoms with Gasteiger partial charge in [0, 0.05) is 5.75 Å². The molecule has 2 rings (SSSR count). The zero-order chi connectivity index (χ0) is 13.1. The number of nitrogens with one attached hydrogen (secondary N) is 1. The van der Waals surface area contributed by atoms with E-state index < -0.39 is 0 Å². The van der Waals surface area contributed by atoms with Gasteiger partial charge in [-0.3, -0.25) is 4.99 Å². The summed E-state index contributed by atoms with van der Waals surface area (Å²) in [7, 11) is 0. The van der Waals surface area contributed by atoms with Crippen LogP contribution in [0, 0.1) is 12.8 Å². The number of oxazole rings is 1. The van der Waals surface area contributed by atoms with Crippen LogP contribution in [0.3, 0.4) is 0 Å². The summed E-state index contributed by atoms with van der Waals surface area (Å²) in [5.41, 5.74) is 0. The molecular weight excluding hydrogens is 246 g/mol. The van der Waals surface area contributed by atoms with Crippen molar-refractivity contribution >= 4 is 16.9 Å². The quantitative estimate of drug-likeness (QED) is 0.914. The van der Waals surface area contributed by atoms with Gasteiger partial charge >= 0.3 is 0 Å². The maximum absolute atomic E-state index is 5.52. The molecule has 2 atom stereocenters. The summed E-state index contributed by atoms with van der Waals surface area (Å²) in [4.78, 5) is 8.99. The topological polar surface area (TPSA) is 50.4 Å². The average Bonchev–Trinajstić information content (AvgIpc) is 2.76. The normalized spacial score (nSPS) is 21.8. The van der Waals surface area contributed by atoms with E-state index in [9.17, 15) is 0 Å². The van der Waals surface area contributed by atoms with E-state index in [2.05, 4.69) is 24.1 Å². The molecule has 5 heteroatoms. The van der Waals surface area contributed by atoms with Crippen molar-refractivity contribution in [1.29, 1.82) is 0 Å². The second-order valence-corrected chi connectivity index (χ2v) is 6.14. The molecule has 0 aliphatic carbocycles. The van der Waals surface area contributed by atoms with E-state index >= 15 is 0 Å². The number of thioether (sulfide) groups is 1. The molecule has 2 unspecified atom stereocenters. The van der Waals surface area contributed by atoms with Crippen molar-refractivity contribution in [2.45, 2.75) is 46.2 Å². The van der Waals surface area contributed by atoms with Crippen molar-refractivity contribution in [3.63, 3.8) is 0 Å². The van der Waals surface area contributed by atoms with Gasteiger partial charge in [-0.25, -0.2) is 4.98 Å². The predicted octanol–water partition coefficient (Wildman–Crippen LogP) is 3.15. The molecule has 2 heterocycles. The third-order valence-corrected chi connectivity index (χ3v) is 3.99. The Hall–Kier alpha value is -0.970. The molecule has 100 valence electrons. The lowest BCUT2D eigenvalue weighted by atomic mass is 10.0. The molecule has 18 heavy (non-hydrogen) atoms. The summed E-state index contributed by atoms with van der Waals surface area (Å²) < 4.78 is 5.52. The molecular formula is C13H21N3OS. The molecule has 1 aliphatic heterocycles. The van der Waals surface area contributed by atoms with E-state index in [0.717, 1.165) is 22.6 Å². The lowest BCUT2D eigenvalue weighted by Gasteiger charge is -2.24. The van der Waals surface area contributed by atoms with E-state index in [0.29, 0.717) is 12.0 Å².